The Morgan fingerprint density at radius 3 is 2.65 bits per heavy atom. The summed E-state index contributed by atoms with van der Waals surface area (Å²) >= 11 is 12.0. The normalized spacial score (nSPS) is 20.8. The van der Waals surface area contributed by atoms with Crippen LogP contribution >= 0.6 is 23.2 Å². The molecule has 2 aliphatic rings. The highest BCUT2D eigenvalue weighted by molar-refractivity contribution is 7.89. The lowest BCUT2D eigenvalue weighted by Crippen LogP contribution is -2.34. The summed E-state index contributed by atoms with van der Waals surface area (Å²) in [7, 11) is -2.38. The molecule has 2 heterocycles. The number of carbonyl (C=O) groups is 1. The maximum absolute atomic E-state index is 12.6. The lowest BCUT2D eigenvalue weighted by Gasteiger charge is -2.20. The zero-order chi connectivity index (χ0) is 16.8. The van der Waals surface area contributed by atoms with Crippen LogP contribution in [0.5, 0.6) is 0 Å². The fourth-order valence-corrected chi connectivity index (χ4v) is 3.97. The molecular weight excluding hydrogens is 367 g/mol. The second-order valence-electron chi connectivity index (χ2n) is 5.19. The first-order chi connectivity index (χ1) is 10.7. The highest BCUT2D eigenvalue weighted by atomic mass is 35.5. The third-order valence-electron chi connectivity index (χ3n) is 3.67. The number of hydrogen-bond acceptors (Lipinski definition) is 5. The van der Waals surface area contributed by atoms with Crippen molar-refractivity contribution in [3.8, 4) is 0 Å². The fraction of sp³-hybridized carbons (Fsp3) is 0.462. The van der Waals surface area contributed by atoms with Crippen LogP contribution in [0.3, 0.4) is 0 Å². The van der Waals surface area contributed by atoms with Gasteiger partial charge in [0.1, 0.15) is 0 Å². The molecule has 0 atom stereocenters. The van der Waals surface area contributed by atoms with Gasteiger partial charge in [-0.3, -0.25) is 4.79 Å². The molecule has 3 rings (SSSR count). The number of anilines is 1. The number of carbonyl (C=O) groups excluding carboxylic acids is 1. The van der Waals surface area contributed by atoms with E-state index in [1.807, 2.05) is 0 Å². The third kappa shape index (κ3) is 2.95. The van der Waals surface area contributed by atoms with Crippen LogP contribution in [0.25, 0.3) is 0 Å². The molecule has 0 aromatic heterocycles. The number of alkyl halides is 2. The molecule has 1 amide bonds. The number of hydrogen-bond donors (Lipinski definition) is 1. The number of benzene rings is 1. The average Bonchev–Trinajstić information content (AvgIpc) is 3.06. The molecular formula is C13H14Cl2N2O5S. The maximum atomic E-state index is 12.6. The van der Waals surface area contributed by atoms with Crippen molar-refractivity contribution in [1.82, 2.24) is 4.31 Å². The van der Waals surface area contributed by atoms with Crippen LogP contribution in [0.1, 0.15) is 5.56 Å². The second kappa shape index (κ2) is 5.87. The maximum Gasteiger partial charge on any atom is 0.265 e. The monoisotopic (exact) mass is 380 g/mol. The Morgan fingerprint density at radius 2 is 2.00 bits per heavy atom. The van der Waals surface area contributed by atoms with Crippen LogP contribution in [0, 0.1) is 0 Å². The van der Waals surface area contributed by atoms with Crippen LogP contribution in [0.4, 0.5) is 5.69 Å². The number of amides is 1. The average molecular weight is 381 g/mol. The summed E-state index contributed by atoms with van der Waals surface area (Å²) in [6.07, 6.45) is -0.590. The van der Waals surface area contributed by atoms with Crippen molar-refractivity contribution in [3.05, 3.63) is 23.8 Å². The number of ether oxygens (including phenoxy) is 2. The van der Waals surface area contributed by atoms with Gasteiger partial charge in [0.05, 0.1) is 24.7 Å². The van der Waals surface area contributed by atoms with E-state index in [1.54, 1.807) is 0 Å². The van der Waals surface area contributed by atoms with Gasteiger partial charge in [0.25, 0.3) is 5.91 Å². The topological polar surface area (TPSA) is 84.9 Å². The first kappa shape index (κ1) is 16.9. The summed E-state index contributed by atoms with van der Waals surface area (Å²) in [5.41, 5.74) is 0.609. The van der Waals surface area contributed by atoms with Crippen molar-refractivity contribution in [2.75, 3.05) is 32.1 Å². The third-order valence-corrected chi connectivity index (χ3v) is 6.24. The van der Waals surface area contributed by atoms with E-state index in [0.29, 0.717) is 18.9 Å². The molecule has 0 saturated carbocycles. The van der Waals surface area contributed by atoms with E-state index in [4.69, 9.17) is 32.7 Å². The Kier molecular flexibility index (Phi) is 4.33. The summed E-state index contributed by atoms with van der Waals surface area (Å²) in [5, 5.41) is 2.50. The first-order valence-corrected chi connectivity index (χ1v) is 8.96. The van der Waals surface area contributed by atoms with Gasteiger partial charge in [0.2, 0.25) is 14.4 Å². The molecule has 7 nitrogen and oxygen atoms in total. The van der Waals surface area contributed by atoms with Crippen LogP contribution in [0.2, 0.25) is 0 Å². The van der Waals surface area contributed by atoms with Gasteiger partial charge in [-0.25, -0.2) is 8.42 Å². The van der Waals surface area contributed by atoms with Crippen molar-refractivity contribution in [2.45, 2.75) is 15.5 Å². The van der Waals surface area contributed by atoms with Gasteiger partial charge in [-0.15, -0.1) is 0 Å². The highest BCUT2D eigenvalue weighted by Gasteiger charge is 2.44. The zero-order valence-electron chi connectivity index (χ0n) is 12.1. The van der Waals surface area contributed by atoms with E-state index in [0.717, 1.165) is 4.31 Å². The van der Waals surface area contributed by atoms with Crippen molar-refractivity contribution >= 4 is 44.8 Å². The van der Waals surface area contributed by atoms with Crippen molar-refractivity contribution < 1.29 is 22.7 Å². The van der Waals surface area contributed by atoms with Crippen LogP contribution in [-0.4, -0.2) is 51.7 Å². The van der Waals surface area contributed by atoms with Gasteiger partial charge in [0, 0.05) is 18.3 Å². The van der Waals surface area contributed by atoms with Crippen LogP contribution in [-0.2, 0) is 28.6 Å². The summed E-state index contributed by atoms with van der Waals surface area (Å²) in [5.74, 6) is -0.605. The lowest BCUT2D eigenvalue weighted by molar-refractivity contribution is -0.116. The van der Waals surface area contributed by atoms with E-state index in [2.05, 4.69) is 5.32 Å². The van der Waals surface area contributed by atoms with Gasteiger partial charge in [-0.2, -0.15) is 4.31 Å². The van der Waals surface area contributed by atoms with Crippen LogP contribution in [0.15, 0.2) is 23.1 Å². The second-order valence-corrected chi connectivity index (χ2v) is 8.56. The van der Waals surface area contributed by atoms with Gasteiger partial charge >= 0.3 is 0 Å². The van der Waals surface area contributed by atoms with Gasteiger partial charge in [-0.1, -0.05) is 23.2 Å². The van der Waals surface area contributed by atoms with E-state index in [1.165, 1.54) is 25.2 Å². The molecule has 1 fully saturated rings. The number of likely N-dealkylation sites (N-methyl/N-ethyl adjacent to an activating group) is 1. The molecule has 23 heavy (non-hydrogen) atoms. The summed E-state index contributed by atoms with van der Waals surface area (Å²) in [4.78, 5) is 11.7. The van der Waals surface area contributed by atoms with Gasteiger partial charge < -0.3 is 14.8 Å². The minimum Gasteiger partial charge on any atom is -0.349 e. The number of nitrogens with one attached hydrogen (secondary N) is 1. The van der Waals surface area contributed by atoms with E-state index < -0.39 is 26.6 Å². The number of rotatable bonds is 4. The number of sulfonamides is 1. The minimum absolute atomic E-state index is 0.0149. The van der Waals surface area contributed by atoms with Gasteiger partial charge in [0.15, 0.2) is 6.29 Å². The predicted octanol–water partition coefficient (Wildman–Crippen LogP) is 1.26. The fourth-order valence-electron chi connectivity index (χ4n) is 2.38. The molecule has 0 bridgehead atoms. The first-order valence-electron chi connectivity index (χ1n) is 6.76. The minimum atomic E-state index is -3.80. The van der Waals surface area contributed by atoms with E-state index in [-0.39, 0.29) is 17.0 Å². The quantitative estimate of drug-likeness (QED) is 0.794. The molecule has 1 N–H and O–H groups in total. The van der Waals surface area contributed by atoms with Crippen molar-refractivity contribution in [3.63, 3.8) is 0 Å². The molecule has 0 aliphatic carbocycles. The Hall–Kier alpha value is -0.900. The Morgan fingerprint density at radius 1 is 1.35 bits per heavy atom. The van der Waals surface area contributed by atoms with Crippen LogP contribution < -0.4 is 5.32 Å². The Balaban J connectivity index is 1.89. The molecule has 1 saturated heterocycles. The number of nitrogens with zero attached hydrogens (tertiary/aromatic N) is 1. The molecule has 0 spiro atoms. The molecule has 0 radical (unpaired) electrons. The predicted molar refractivity (Wildman–Crippen MR) is 84.0 cm³/mol. The summed E-state index contributed by atoms with van der Waals surface area (Å²) in [6, 6.07) is 4.15. The molecule has 2 aliphatic heterocycles. The van der Waals surface area contributed by atoms with Gasteiger partial charge in [-0.05, 0) is 18.2 Å². The standard InChI is InChI=1S/C13H14Cl2N2O5S/c1-17(7-11-21-4-5-22-11)23(19,20)8-2-3-10-9(6-8)13(14,15)12(18)16-10/h2-3,6,11H,4-5,7H2,1H3,(H,16,18). The zero-order valence-corrected chi connectivity index (χ0v) is 14.4. The van der Waals surface area contributed by atoms with Crippen molar-refractivity contribution in [2.24, 2.45) is 0 Å². The molecule has 126 valence electrons. The largest absolute Gasteiger partial charge is 0.349 e. The Labute approximate surface area is 143 Å². The smallest absolute Gasteiger partial charge is 0.265 e. The van der Waals surface area contributed by atoms with E-state index in [9.17, 15) is 13.2 Å². The Bertz CT molecular complexity index is 747. The lowest BCUT2D eigenvalue weighted by atomic mass is 10.1. The summed E-state index contributed by atoms with van der Waals surface area (Å²) in [6.45, 7) is 0.932. The number of halogens is 2. The highest BCUT2D eigenvalue weighted by Crippen LogP contribution is 2.45. The SMILES string of the molecule is CN(CC1OCCO1)S(=O)(=O)c1ccc2c(c1)C(Cl)(Cl)C(=O)N2. The molecule has 10 heteroatoms. The molecule has 1 aromatic carbocycles. The summed E-state index contributed by atoms with van der Waals surface area (Å²) < 4.78 is 35.1. The molecule has 1 aromatic rings. The van der Waals surface area contributed by atoms with Crippen molar-refractivity contribution in [1.29, 1.82) is 0 Å². The van der Waals surface area contributed by atoms with E-state index >= 15 is 0 Å². The molecule has 0 unspecified atom stereocenters. The number of fused-ring (bicyclic) bond motifs is 1.